The summed E-state index contributed by atoms with van der Waals surface area (Å²) in [6.07, 6.45) is 1.90. The minimum Gasteiger partial charge on any atom is -0.354 e. The van der Waals surface area contributed by atoms with Gasteiger partial charge >= 0.3 is 0 Å². The monoisotopic (exact) mass is 356 g/mol. The summed E-state index contributed by atoms with van der Waals surface area (Å²) in [7, 11) is 0. The molecule has 1 aliphatic carbocycles. The summed E-state index contributed by atoms with van der Waals surface area (Å²) in [5.41, 5.74) is 0.0388. The second-order valence-electron chi connectivity index (χ2n) is 7.10. The number of carbonyl (C=O) groups is 2. The zero-order chi connectivity index (χ0) is 18.7. The van der Waals surface area contributed by atoms with Crippen molar-refractivity contribution in [2.24, 2.45) is 11.8 Å². The van der Waals surface area contributed by atoms with Crippen LogP contribution in [0.25, 0.3) is 10.8 Å². The van der Waals surface area contributed by atoms with Gasteiger partial charge in [0.15, 0.2) is 5.69 Å². The fourth-order valence-corrected chi connectivity index (χ4v) is 2.81. The Morgan fingerprint density at radius 2 is 1.81 bits per heavy atom. The molecule has 26 heavy (non-hydrogen) atoms. The van der Waals surface area contributed by atoms with Crippen LogP contribution in [0, 0.1) is 11.8 Å². The van der Waals surface area contributed by atoms with Gasteiger partial charge in [-0.15, -0.1) is 0 Å². The van der Waals surface area contributed by atoms with Crippen molar-refractivity contribution < 1.29 is 9.59 Å². The molecule has 7 heteroatoms. The number of rotatable bonds is 7. The number of fused-ring (bicyclic) bond motifs is 1. The van der Waals surface area contributed by atoms with Gasteiger partial charge < -0.3 is 10.6 Å². The molecule has 1 fully saturated rings. The third-order valence-electron chi connectivity index (χ3n) is 4.28. The quantitative estimate of drug-likeness (QED) is 0.732. The van der Waals surface area contributed by atoms with Gasteiger partial charge in [-0.05, 0) is 24.8 Å². The van der Waals surface area contributed by atoms with Crippen LogP contribution in [0.2, 0.25) is 0 Å². The fourth-order valence-electron chi connectivity index (χ4n) is 2.81. The predicted octanol–water partition coefficient (Wildman–Crippen LogP) is 1.31. The first kappa shape index (κ1) is 18.1. The van der Waals surface area contributed by atoms with E-state index >= 15 is 0 Å². The highest BCUT2D eigenvalue weighted by Crippen LogP contribution is 2.28. The second kappa shape index (κ2) is 7.68. The van der Waals surface area contributed by atoms with Gasteiger partial charge in [-0.25, -0.2) is 4.68 Å². The lowest BCUT2D eigenvalue weighted by Crippen LogP contribution is -2.37. The number of amides is 2. The molecule has 1 aromatic carbocycles. The molecule has 0 atom stereocenters. The third-order valence-corrected chi connectivity index (χ3v) is 4.28. The number of carbonyl (C=O) groups excluding carboxylic acids is 2. The molecule has 0 aliphatic heterocycles. The summed E-state index contributed by atoms with van der Waals surface area (Å²) in [6, 6.07) is 7.00. The van der Waals surface area contributed by atoms with E-state index in [2.05, 4.69) is 15.7 Å². The van der Waals surface area contributed by atoms with Gasteiger partial charge in [0.05, 0.1) is 5.39 Å². The van der Waals surface area contributed by atoms with Crippen LogP contribution in [0.4, 0.5) is 0 Å². The molecule has 1 heterocycles. The Labute approximate surface area is 151 Å². The Morgan fingerprint density at radius 1 is 1.15 bits per heavy atom. The van der Waals surface area contributed by atoms with Crippen LogP contribution in [-0.4, -0.2) is 34.7 Å². The average Bonchev–Trinajstić information content (AvgIpc) is 3.45. The van der Waals surface area contributed by atoms with E-state index in [1.54, 1.807) is 24.3 Å². The molecule has 138 valence electrons. The molecule has 0 saturated heterocycles. The van der Waals surface area contributed by atoms with Crippen LogP contribution in [0.5, 0.6) is 0 Å². The SMILES string of the molecule is CC(C)Cn1nc(C(=O)NCCNC(=O)C2CC2)c2ccccc2c1=O. The smallest absolute Gasteiger partial charge is 0.274 e. The third kappa shape index (κ3) is 4.09. The van der Waals surface area contributed by atoms with E-state index in [1.165, 1.54) is 4.68 Å². The molecule has 2 N–H and O–H groups in total. The molecule has 1 aromatic heterocycles. The normalized spacial score (nSPS) is 13.8. The largest absolute Gasteiger partial charge is 0.354 e. The molecular formula is C19H24N4O3. The van der Waals surface area contributed by atoms with Crippen molar-refractivity contribution in [2.45, 2.75) is 33.2 Å². The van der Waals surface area contributed by atoms with E-state index in [9.17, 15) is 14.4 Å². The maximum atomic E-state index is 12.6. The first-order valence-corrected chi connectivity index (χ1v) is 9.03. The molecule has 2 aromatic rings. The Balaban J connectivity index is 1.76. The van der Waals surface area contributed by atoms with Gasteiger partial charge in [0, 0.05) is 30.9 Å². The average molecular weight is 356 g/mol. The summed E-state index contributed by atoms with van der Waals surface area (Å²) < 4.78 is 1.36. The lowest BCUT2D eigenvalue weighted by Gasteiger charge is -2.13. The summed E-state index contributed by atoms with van der Waals surface area (Å²) in [5.74, 6) is 0.0819. The maximum Gasteiger partial charge on any atom is 0.274 e. The lowest BCUT2D eigenvalue weighted by molar-refractivity contribution is -0.122. The Bertz CT molecular complexity index is 884. The van der Waals surface area contributed by atoms with Crippen LogP contribution >= 0.6 is 0 Å². The van der Waals surface area contributed by atoms with Crippen LogP contribution in [-0.2, 0) is 11.3 Å². The van der Waals surface area contributed by atoms with Gasteiger partial charge in [0.25, 0.3) is 11.5 Å². The van der Waals surface area contributed by atoms with Crippen LogP contribution < -0.4 is 16.2 Å². The van der Waals surface area contributed by atoms with Crippen molar-refractivity contribution in [2.75, 3.05) is 13.1 Å². The van der Waals surface area contributed by atoms with Gasteiger partial charge in [0.1, 0.15) is 0 Å². The molecule has 3 rings (SSSR count). The van der Waals surface area contributed by atoms with Gasteiger partial charge in [-0.1, -0.05) is 32.0 Å². The maximum absolute atomic E-state index is 12.6. The minimum atomic E-state index is -0.348. The van der Waals surface area contributed by atoms with E-state index in [4.69, 9.17) is 0 Å². The van der Waals surface area contributed by atoms with E-state index in [0.717, 1.165) is 12.8 Å². The van der Waals surface area contributed by atoms with Crippen molar-refractivity contribution in [1.82, 2.24) is 20.4 Å². The summed E-state index contributed by atoms with van der Waals surface area (Å²) >= 11 is 0. The van der Waals surface area contributed by atoms with Gasteiger partial charge in [-0.2, -0.15) is 5.10 Å². The highest BCUT2D eigenvalue weighted by Gasteiger charge is 2.29. The van der Waals surface area contributed by atoms with Crippen molar-refractivity contribution in [3.8, 4) is 0 Å². The summed E-state index contributed by atoms with van der Waals surface area (Å²) in [6.45, 7) is 5.12. The predicted molar refractivity (Wildman–Crippen MR) is 98.9 cm³/mol. The lowest BCUT2D eigenvalue weighted by atomic mass is 10.1. The molecular weight excluding hydrogens is 332 g/mol. The molecule has 0 unspecified atom stereocenters. The number of nitrogens with one attached hydrogen (secondary N) is 2. The van der Waals surface area contributed by atoms with Crippen LogP contribution in [0.3, 0.4) is 0 Å². The number of aromatic nitrogens is 2. The Hall–Kier alpha value is -2.70. The highest BCUT2D eigenvalue weighted by molar-refractivity contribution is 6.04. The zero-order valence-electron chi connectivity index (χ0n) is 15.1. The molecule has 1 aliphatic rings. The van der Waals surface area contributed by atoms with Crippen molar-refractivity contribution in [3.05, 3.63) is 40.3 Å². The fraction of sp³-hybridized carbons (Fsp3) is 0.474. The zero-order valence-corrected chi connectivity index (χ0v) is 15.1. The molecule has 7 nitrogen and oxygen atoms in total. The molecule has 2 amide bonds. The van der Waals surface area contributed by atoms with Gasteiger partial charge in [0.2, 0.25) is 5.91 Å². The number of hydrogen-bond acceptors (Lipinski definition) is 4. The van der Waals surface area contributed by atoms with Crippen molar-refractivity contribution >= 4 is 22.6 Å². The highest BCUT2D eigenvalue weighted by atomic mass is 16.2. The number of benzene rings is 1. The Morgan fingerprint density at radius 3 is 2.46 bits per heavy atom. The van der Waals surface area contributed by atoms with Gasteiger partial charge in [-0.3, -0.25) is 14.4 Å². The van der Waals surface area contributed by atoms with Crippen molar-refractivity contribution in [3.63, 3.8) is 0 Å². The van der Waals surface area contributed by atoms with Crippen LogP contribution in [0.1, 0.15) is 37.2 Å². The van der Waals surface area contributed by atoms with E-state index in [-0.39, 0.29) is 34.9 Å². The molecule has 0 radical (unpaired) electrons. The topological polar surface area (TPSA) is 93.1 Å². The summed E-state index contributed by atoms with van der Waals surface area (Å²) in [5, 5.41) is 10.9. The van der Waals surface area contributed by atoms with E-state index < -0.39 is 0 Å². The van der Waals surface area contributed by atoms with E-state index in [0.29, 0.717) is 30.4 Å². The summed E-state index contributed by atoms with van der Waals surface area (Å²) in [4.78, 5) is 36.8. The standard InChI is InChI=1S/C19H24N4O3/c1-12(2)11-23-19(26)15-6-4-3-5-14(15)16(22-23)18(25)21-10-9-20-17(24)13-7-8-13/h3-6,12-13H,7-11H2,1-2H3,(H,20,24)(H,21,25). The minimum absolute atomic E-state index is 0.0494. The van der Waals surface area contributed by atoms with Crippen LogP contribution in [0.15, 0.2) is 29.1 Å². The van der Waals surface area contributed by atoms with E-state index in [1.807, 2.05) is 13.8 Å². The first-order chi connectivity index (χ1) is 12.5. The molecule has 1 saturated carbocycles. The molecule has 0 bridgehead atoms. The number of nitrogens with zero attached hydrogens (tertiary/aromatic N) is 2. The second-order valence-corrected chi connectivity index (χ2v) is 7.10. The number of hydrogen-bond donors (Lipinski definition) is 2. The van der Waals surface area contributed by atoms with Crippen molar-refractivity contribution in [1.29, 1.82) is 0 Å². The molecule has 0 spiro atoms. The first-order valence-electron chi connectivity index (χ1n) is 9.03. The Kier molecular flexibility index (Phi) is 5.35.